The summed E-state index contributed by atoms with van der Waals surface area (Å²) in [4.78, 5) is 9.69. The van der Waals surface area contributed by atoms with Crippen LogP contribution in [-0.4, -0.2) is 44.2 Å². The molecule has 1 saturated heterocycles. The van der Waals surface area contributed by atoms with Crippen LogP contribution in [0.4, 0.5) is 5.69 Å². The van der Waals surface area contributed by atoms with Gasteiger partial charge in [0.05, 0.1) is 17.6 Å². The first-order valence-electron chi connectivity index (χ1n) is 8.08. The molecule has 7 heteroatoms. The maximum absolute atomic E-state index is 12.2. The third kappa shape index (κ3) is 2.64. The van der Waals surface area contributed by atoms with Crippen molar-refractivity contribution in [2.45, 2.75) is 25.3 Å². The van der Waals surface area contributed by atoms with Gasteiger partial charge in [-0.2, -0.15) is 0 Å². The summed E-state index contributed by atoms with van der Waals surface area (Å²) in [7, 11) is -3.28. The molecule has 0 aliphatic carbocycles. The Morgan fingerprint density at radius 1 is 1.29 bits per heavy atom. The summed E-state index contributed by atoms with van der Waals surface area (Å²) >= 11 is 1.83. The molecule has 1 spiro atoms. The number of fused-ring (bicyclic) bond motifs is 2. The maximum Gasteiger partial charge on any atom is 0.232 e. The van der Waals surface area contributed by atoms with Gasteiger partial charge in [0.15, 0.2) is 0 Å². The van der Waals surface area contributed by atoms with Gasteiger partial charge < -0.3 is 0 Å². The van der Waals surface area contributed by atoms with Crippen molar-refractivity contribution in [3.05, 3.63) is 45.9 Å². The van der Waals surface area contributed by atoms with Gasteiger partial charge >= 0.3 is 0 Å². The predicted molar refractivity (Wildman–Crippen MR) is 97.1 cm³/mol. The molecule has 2 aliphatic heterocycles. The summed E-state index contributed by atoms with van der Waals surface area (Å²) in [5, 5.41) is 0. The number of sulfonamides is 1. The van der Waals surface area contributed by atoms with Crippen LogP contribution in [0.2, 0.25) is 0 Å². The summed E-state index contributed by atoms with van der Waals surface area (Å²) < 4.78 is 25.9. The number of nitrogens with zero attached hydrogens (tertiary/aromatic N) is 3. The summed E-state index contributed by atoms with van der Waals surface area (Å²) in [6, 6.07) is 8.04. The number of thiophene rings is 1. The lowest BCUT2D eigenvalue weighted by Crippen LogP contribution is -2.38. The van der Waals surface area contributed by atoms with E-state index in [0.29, 0.717) is 6.54 Å². The normalized spacial score (nSPS) is 24.0. The second-order valence-corrected chi connectivity index (χ2v) is 10.2. The Bertz CT molecular complexity index is 877. The van der Waals surface area contributed by atoms with Gasteiger partial charge in [-0.05, 0) is 44.2 Å². The molecule has 1 fully saturated rings. The van der Waals surface area contributed by atoms with E-state index < -0.39 is 10.0 Å². The molecule has 0 N–H and O–H groups in total. The molecule has 4 rings (SSSR count). The first-order valence-corrected chi connectivity index (χ1v) is 10.7. The van der Waals surface area contributed by atoms with E-state index in [1.807, 2.05) is 23.5 Å². The van der Waals surface area contributed by atoms with Gasteiger partial charge in [-0.25, -0.2) is 8.42 Å². The van der Waals surface area contributed by atoms with E-state index in [9.17, 15) is 8.42 Å². The van der Waals surface area contributed by atoms with Crippen LogP contribution in [0.3, 0.4) is 0 Å². The van der Waals surface area contributed by atoms with E-state index in [-0.39, 0.29) is 5.41 Å². The van der Waals surface area contributed by atoms with E-state index in [4.69, 9.17) is 0 Å². The number of pyridine rings is 1. The summed E-state index contributed by atoms with van der Waals surface area (Å²) in [6.07, 6.45) is 4.01. The summed E-state index contributed by atoms with van der Waals surface area (Å²) in [6.45, 7) is 5.41. The van der Waals surface area contributed by atoms with Crippen molar-refractivity contribution >= 4 is 27.0 Å². The molecule has 128 valence electrons. The molecule has 0 saturated carbocycles. The third-order valence-corrected chi connectivity index (χ3v) is 7.12. The third-order valence-electron chi connectivity index (χ3n) is 5.01. The zero-order chi connectivity index (χ0) is 16.9. The first-order chi connectivity index (χ1) is 11.4. The summed E-state index contributed by atoms with van der Waals surface area (Å²) in [5.74, 6) is 0. The molecule has 2 aromatic heterocycles. The van der Waals surface area contributed by atoms with Crippen LogP contribution in [0.25, 0.3) is 0 Å². The molecule has 2 aliphatic rings. The monoisotopic (exact) mass is 363 g/mol. The van der Waals surface area contributed by atoms with E-state index in [1.165, 1.54) is 20.3 Å². The van der Waals surface area contributed by atoms with Crippen LogP contribution in [0.5, 0.6) is 0 Å². The highest BCUT2D eigenvalue weighted by Crippen LogP contribution is 2.46. The van der Waals surface area contributed by atoms with E-state index in [1.54, 1.807) is 6.20 Å². The quantitative estimate of drug-likeness (QED) is 0.840. The molecule has 5 nitrogen and oxygen atoms in total. The van der Waals surface area contributed by atoms with Crippen LogP contribution in [-0.2, 0) is 22.0 Å². The average molecular weight is 364 g/mol. The minimum Gasteiger partial charge on any atom is -0.297 e. The van der Waals surface area contributed by atoms with Crippen molar-refractivity contribution in [2.24, 2.45) is 0 Å². The fourth-order valence-corrected chi connectivity index (χ4v) is 5.86. The lowest BCUT2D eigenvalue weighted by atomic mass is 9.85. The van der Waals surface area contributed by atoms with Crippen molar-refractivity contribution in [1.82, 2.24) is 9.88 Å². The fourth-order valence-electron chi connectivity index (χ4n) is 3.94. The van der Waals surface area contributed by atoms with E-state index in [2.05, 4.69) is 28.9 Å². The first kappa shape index (κ1) is 16.1. The molecule has 1 atom stereocenters. The number of hydrogen-bond donors (Lipinski definition) is 0. The second kappa shape index (κ2) is 5.54. The zero-order valence-corrected chi connectivity index (χ0v) is 15.5. The van der Waals surface area contributed by atoms with E-state index in [0.717, 1.165) is 37.4 Å². The SMILES string of the molecule is Cc1ccc(CN2CC[C@@]3(C2)CN(S(C)(=O)=O)c2cccnc23)s1. The molecule has 0 radical (unpaired) electrons. The van der Waals surface area contributed by atoms with Gasteiger partial charge in [0.1, 0.15) is 0 Å². The van der Waals surface area contributed by atoms with Crippen molar-refractivity contribution in [2.75, 3.05) is 30.2 Å². The molecular formula is C17H21N3O2S2. The topological polar surface area (TPSA) is 53.5 Å². The van der Waals surface area contributed by atoms with Gasteiger partial charge in [0.2, 0.25) is 10.0 Å². The molecule has 0 aromatic carbocycles. The molecule has 24 heavy (non-hydrogen) atoms. The van der Waals surface area contributed by atoms with Gasteiger partial charge in [-0.15, -0.1) is 11.3 Å². The number of aromatic nitrogens is 1. The maximum atomic E-state index is 12.2. The minimum absolute atomic E-state index is 0.175. The van der Waals surface area contributed by atoms with Gasteiger partial charge in [0.25, 0.3) is 0 Å². The van der Waals surface area contributed by atoms with Crippen LogP contribution in [0.1, 0.15) is 21.9 Å². The van der Waals surface area contributed by atoms with Crippen molar-refractivity contribution in [3.8, 4) is 0 Å². The fraction of sp³-hybridized carbons (Fsp3) is 0.471. The Hall–Kier alpha value is -1.44. The van der Waals surface area contributed by atoms with E-state index >= 15 is 0 Å². The Balaban J connectivity index is 1.62. The highest BCUT2D eigenvalue weighted by atomic mass is 32.2. The van der Waals surface area contributed by atoms with Crippen molar-refractivity contribution in [3.63, 3.8) is 0 Å². The highest BCUT2D eigenvalue weighted by molar-refractivity contribution is 7.92. The van der Waals surface area contributed by atoms with Crippen LogP contribution in [0, 0.1) is 6.92 Å². The van der Waals surface area contributed by atoms with Crippen LogP contribution < -0.4 is 4.31 Å². The van der Waals surface area contributed by atoms with Gasteiger partial charge in [-0.3, -0.25) is 14.2 Å². The molecule has 0 amide bonds. The van der Waals surface area contributed by atoms with Crippen LogP contribution in [0.15, 0.2) is 30.5 Å². The summed E-state index contributed by atoms with van der Waals surface area (Å²) in [5.41, 5.74) is 1.53. The Morgan fingerprint density at radius 3 is 2.83 bits per heavy atom. The zero-order valence-electron chi connectivity index (χ0n) is 13.9. The Kier molecular flexibility index (Phi) is 3.71. The molecular weight excluding hydrogens is 342 g/mol. The Morgan fingerprint density at radius 2 is 2.12 bits per heavy atom. The largest absolute Gasteiger partial charge is 0.297 e. The molecule has 2 aromatic rings. The molecule has 0 unspecified atom stereocenters. The average Bonchev–Trinajstić information content (AvgIpc) is 3.20. The second-order valence-electron chi connectivity index (χ2n) is 6.89. The highest BCUT2D eigenvalue weighted by Gasteiger charge is 2.50. The number of hydrogen-bond acceptors (Lipinski definition) is 5. The van der Waals surface area contributed by atoms with Gasteiger partial charge in [-0.1, -0.05) is 0 Å². The predicted octanol–water partition coefficient (Wildman–Crippen LogP) is 2.37. The van der Waals surface area contributed by atoms with Crippen LogP contribution >= 0.6 is 11.3 Å². The number of aryl methyl sites for hydroxylation is 1. The lowest BCUT2D eigenvalue weighted by Gasteiger charge is -2.24. The van der Waals surface area contributed by atoms with Crippen molar-refractivity contribution in [1.29, 1.82) is 0 Å². The lowest BCUT2D eigenvalue weighted by molar-refractivity contribution is 0.309. The number of anilines is 1. The minimum atomic E-state index is -3.28. The number of likely N-dealkylation sites (tertiary alicyclic amines) is 1. The van der Waals surface area contributed by atoms with Gasteiger partial charge in [0, 0.05) is 41.0 Å². The van der Waals surface area contributed by atoms with Crippen molar-refractivity contribution < 1.29 is 8.42 Å². The molecule has 4 heterocycles. The smallest absolute Gasteiger partial charge is 0.232 e. The molecule has 0 bridgehead atoms. The standard InChI is InChI=1S/C17H21N3O2S2/c1-13-5-6-14(23-13)10-19-9-7-17(11-19)12-20(24(2,21)22)15-4-3-8-18-16(15)17/h3-6,8H,7,9-12H2,1-2H3/t17-/m1/s1. The Labute approximate surface area is 147 Å². The number of rotatable bonds is 3.